The highest BCUT2D eigenvalue weighted by Gasteiger charge is 2.51. The van der Waals surface area contributed by atoms with E-state index in [-0.39, 0.29) is 26.2 Å². The quantitative estimate of drug-likeness (QED) is 0.533. The molecule has 1 fully saturated rings. The fourth-order valence-corrected chi connectivity index (χ4v) is 3.83. The van der Waals surface area contributed by atoms with Gasteiger partial charge in [-0.2, -0.15) is 4.39 Å². The van der Waals surface area contributed by atoms with E-state index in [2.05, 4.69) is 0 Å². The highest BCUT2D eigenvalue weighted by atomic mass is 19.1. The molecule has 0 aliphatic carbocycles. The third-order valence-corrected chi connectivity index (χ3v) is 5.59. The Morgan fingerprint density at radius 3 is 2.30 bits per heavy atom. The zero-order valence-corrected chi connectivity index (χ0v) is 17.8. The monoisotopic (exact) mass is 458 g/mol. The Kier molecular flexibility index (Phi) is 7.12. The second-order valence-corrected chi connectivity index (χ2v) is 7.91. The van der Waals surface area contributed by atoms with E-state index in [1.54, 1.807) is 0 Å². The summed E-state index contributed by atoms with van der Waals surface area (Å²) in [5.41, 5.74) is -1.71. The molecule has 33 heavy (non-hydrogen) atoms. The Hall–Kier alpha value is -3.14. The molecule has 3 atom stereocenters. The lowest BCUT2D eigenvalue weighted by atomic mass is 9.99. The van der Waals surface area contributed by atoms with Gasteiger partial charge in [0, 0.05) is 6.42 Å². The number of hydrogen-bond acceptors (Lipinski definition) is 5. The summed E-state index contributed by atoms with van der Waals surface area (Å²) in [5, 5.41) is 0. The minimum absolute atomic E-state index is 0.0663. The third kappa shape index (κ3) is 5.27. The van der Waals surface area contributed by atoms with Crippen LogP contribution in [0, 0.1) is 5.82 Å². The van der Waals surface area contributed by atoms with Gasteiger partial charge >= 0.3 is 5.69 Å². The number of aromatic amines is 1. The average molecular weight is 458 g/mol. The molecule has 9 heteroatoms. The number of ether oxygens (including phenoxy) is 3. The number of alkyl halides is 1. The van der Waals surface area contributed by atoms with Crippen LogP contribution in [0.1, 0.15) is 23.8 Å². The van der Waals surface area contributed by atoms with Crippen molar-refractivity contribution in [2.24, 2.45) is 0 Å². The Morgan fingerprint density at radius 1 is 1.03 bits per heavy atom. The standard InChI is InChI=1S/C24H24F2N2O5/c25-15-24(16-31-13-17-7-3-1-4-8-17)20(32-14-18-9-5-2-6-10-18)11-21(33-24)28-12-19(26)22(29)27-23(28)30/h1-10,12,20-21H,11,13-16H2,(H,27,29,30)/t20-,21+,24+/m0/s1. The predicted octanol–water partition coefficient (Wildman–Crippen LogP) is 3.11. The van der Waals surface area contributed by atoms with E-state index in [1.165, 1.54) is 0 Å². The molecule has 1 aromatic heterocycles. The molecular formula is C24H24F2N2O5. The minimum Gasteiger partial charge on any atom is -0.374 e. The summed E-state index contributed by atoms with van der Waals surface area (Å²) < 4.78 is 47.0. The first-order valence-corrected chi connectivity index (χ1v) is 10.5. The van der Waals surface area contributed by atoms with Crippen LogP contribution in [0.4, 0.5) is 8.78 Å². The molecule has 3 aromatic rings. The Labute approximate surface area is 188 Å². The molecule has 7 nitrogen and oxygen atoms in total. The maximum absolute atomic E-state index is 14.5. The summed E-state index contributed by atoms with van der Waals surface area (Å²) in [6.45, 7) is -0.667. The van der Waals surface area contributed by atoms with E-state index in [0.717, 1.165) is 21.9 Å². The van der Waals surface area contributed by atoms with Gasteiger partial charge in [0.15, 0.2) is 0 Å². The van der Waals surface area contributed by atoms with Gasteiger partial charge in [-0.05, 0) is 11.1 Å². The number of nitrogens with zero attached hydrogens (tertiary/aromatic N) is 1. The normalized spacial score (nSPS) is 22.5. The highest BCUT2D eigenvalue weighted by molar-refractivity contribution is 5.14. The molecule has 0 amide bonds. The minimum atomic E-state index is -1.51. The maximum atomic E-state index is 14.5. The molecule has 174 valence electrons. The van der Waals surface area contributed by atoms with Gasteiger partial charge in [-0.25, -0.2) is 9.18 Å². The summed E-state index contributed by atoms with van der Waals surface area (Å²) in [5.74, 6) is -1.14. The topological polar surface area (TPSA) is 82.6 Å². The zero-order chi connectivity index (χ0) is 23.3. The molecule has 4 rings (SSSR count). The Bertz CT molecular complexity index is 1170. The number of H-pyrrole nitrogens is 1. The van der Waals surface area contributed by atoms with Crippen molar-refractivity contribution in [2.75, 3.05) is 13.3 Å². The molecule has 0 saturated carbocycles. The van der Waals surface area contributed by atoms with Crippen LogP contribution in [0.2, 0.25) is 0 Å². The van der Waals surface area contributed by atoms with Crippen LogP contribution in [0.5, 0.6) is 0 Å². The third-order valence-electron chi connectivity index (χ3n) is 5.59. The first-order chi connectivity index (χ1) is 16.0. The number of benzene rings is 2. The van der Waals surface area contributed by atoms with Crippen molar-refractivity contribution in [2.45, 2.75) is 37.6 Å². The van der Waals surface area contributed by atoms with E-state index in [4.69, 9.17) is 14.2 Å². The van der Waals surface area contributed by atoms with Gasteiger partial charge in [-0.1, -0.05) is 60.7 Å². The number of aromatic nitrogens is 2. The molecular weight excluding hydrogens is 434 g/mol. The molecule has 1 aliphatic rings. The summed E-state index contributed by atoms with van der Waals surface area (Å²) in [7, 11) is 0. The number of hydrogen-bond donors (Lipinski definition) is 1. The van der Waals surface area contributed by atoms with Crippen LogP contribution in [-0.4, -0.2) is 34.5 Å². The summed E-state index contributed by atoms with van der Waals surface area (Å²) in [4.78, 5) is 25.6. The van der Waals surface area contributed by atoms with Crippen molar-refractivity contribution in [1.82, 2.24) is 9.55 Å². The fraction of sp³-hybridized carbons (Fsp3) is 0.333. The second kappa shape index (κ2) is 10.2. The molecule has 2 heterocycles. The Balaban J connectivity index is 1.56. The maximum Gasteiger partial charge on any atom is 0.330 e. The van der Waals surface area contributed by atoms with Gasteiger partial charge in [0.1, 0.15) is 18.5 Å². The number of nitrogens with one attached hydrogen (secondary N) is 1. The van der Waals surface area contributed by atoms with E-state index in [0.29, 0.717) is 0 Å². The predicted molar refractivity (Wildman–Crippen MR) is 116 cm³/mol. The van der Waals surface area contributed by atoms with Gasteiger partial charge in [0.25, 0.3) is 5.56 Å². The van der Waals surface area contributed by atoms with Crippen LogP contribution in [0.25, 0.3) is 0 Å². The summed E-state index contributed by atoms with van der Waals surface area (Å²) in [6.07, 6.45) is -0.998. The van der Waals surface area contributed by atoms with Crippen LogP contribution in [-0.2, 0) is 27.4 Å². The SMILES string of the molecule is O=c1[nH]c(=O)n([C@H]2C[C@H](OCc3ccccc3)[C@@](CF)(COCc3ccccc3)O2)cc1F. The van der Waals surface area contributed by atoms with Crippen molar-refractivity contribution in [3.63, 3.8) is 0 Å². The smallest absolute Gasteiger partial charge is 0.330 e. The molecule has 0 bridgehead atoms. The molecule has 1 saturated heterocycles. The van der Waals surface area contributed by atoms with Gasteiger partial charge < -0.3 is 14.2 Å². The van der Waals surface area contributed by atoms with E-state index in [9.17, 15) is 18.4 Å². The van der Waals surface area contributed by atoms with Crippen LogP contribution >= 0.6 is 0 Å². The highest BCUT2D eigenvalue weighted by Crippen LogP contribution is 2.39. The van der Waals surface area contributed by atoms with Gasteiger partial charge in [0.2, 0.25) is 5.82 Å². The van der Waals surface area contributed by atoms with Crippen molar-refractivity contribution in [3.05, 3.63) is 105 Å². The first-order valence-electron chi connectivity index (χ1n) is 10.5. The average Bonchev–Trinajstić information content (AvgIpc) is 3.20. The van der Waals surface area contributed by atoms with Crippen molar-refractivity contribution in [1.29, 1.82) is 0 Å². The van der Waals surface area contributed by atoms with Gasteiger partial charge in [-0.15, -0.1) is 0 Å². The van der Waals surface area contributed by atoms with E-state index >= 15 is 0 Å². The Morgan fingerprint density at radius 2 is 1.67 bits per heavy atom. The lowest BCUT2D eigenvalue weighted by Gasteiger charge is -2.31. The molecule has 0 radical (unpaired) electrons. The van der Waals surface area contributed by atoms with Crippen LogP contribution in [0.3, 0.4) is 0 Å². The molecule has 1 N–H and O–H groups in total. The van der Waals surface area contributed by atoms with Crippen LogP contribution in [0.15, 0.2) is 76.4 Å². The van der Waals surface area contributed by atoms with E-state index < -0.39 is 41.7 Å². The molecule has 0 unspecified atom stereocenters. The van der Waals surface area contributed by atoms with E-state index in [1.807, 2.05) is 65.6 Å². The van der Waals surface area contributed by atoms with Crippen molar-refractivity contribution in [3.8, 4) is 0 Å². The lowest BCUT2D eigenvalue weighted by molar-refractivity contribution is -0.165. The summed E-state index contributed by atoms with van der Waals surface area (Å²) in [6, 6.07) is 18.7. The van der Waals surface area contributed by atoms with Crippen molar-refractivity contribution < 1.29 is 23.0 Å². The molecule has 1 aliphatic heterocycles. The lowest BCUT2D eigenvalue weighted by Crippen LogP contribution is -2.47. The number of rotatable bonds is 9. The number of halogens is 2. The van der Waals surface area contributed by atoms with Gasteiger partial charge in [-0.3, -0.25) is 14.3 Å². The van der Waals surface area contributed by atoms with Crippen molar-refractivity contribution >= 4 is 0 Å². The molecule has 0 spiro atoms. The van der Waals surface area contributed by atoms with Crippen LogP contribution < -0.4 is 11.2 Å². The first kappa shape index (κ1) is 23.0. The summed E-state index contributed by atoms with van der Waals surface area (Å²) >= 11 is 0. The van der Waals surface area contributed by atoms with Gasteiger partial charge in [0.05, 0.1) is 32.1 Å². The molecule has 2 aromatic carbocycles. The fourth-order valence-electron chi connectivity index (χ4n) is 3.83. The largest absolute Gasteiger partial charge is 0.374 e. The second-order valence-electron chi connectivity index (χ2n) is 7.91. The zero-order valence-electron chi connectivity index (χ0n) is 17.8.